The Morgan fingerprint density at radius 2 is 2.35 bits per heavy atom. The van der Waals surface area contributed by atoms with Gasteiger partial charge in [0, 0.05) is 24.6 Å². The van der Waals surface area contributed by atoms with Crippen LogP contribution in [0.5, 0.6) is 0 Å². The van der Waals surface area contributed by atoms with Gasteiger partial charge < -0.3 is 5.32 Å². The second kappa shape index (κ2) is 4.63. The first-order valence-corrected chi connectivity index (χ1v) is 5.95. The Labute approximate surface area is 99.9 Å². The quantitative estimate of drug-likeness (QED) is 0.856. The smallest absolute Gasteiger partial charge is 0.112 e. The van der Waals surface area contributed by atoms with Crippen molar-refractivity contribution in [3.63, 3.8) is 0 Å². The maximum atomic E-state index is 4.52. The molecule has 2 aromatic rings. The van der Waals surface area contributed by atoms with E-state index < -0.39 is 0 Å². The molecule has 0 saturated carbocycles. The molecule has 3 heterocycles. The lowest BCUT2D eigenvalue weighted by molar-refractivity contribution is 0.477. The van der Waals surface area contributed by atoms with E-state index in [-0.39, 0.29) is 0 Å². The van der Waals surface area contributed by atoms with Crippen molar-refractivity contribution in [3.05, 3.63) is 30.9 Å². The van der Waals surface area contributed by atoms with E-state index in [1.807, 2.05) is 16.9 Å². The monoisotopic (exact) mass is 229 g/mol. The molecular formula is C12H15N5. The van der Waals surface area contributed by atoms with Crippen molar-refractivity contribution in [1.82, 2.24) is 25.1 Å². The third-order valence-corrected chi connectivity index (χ3v) is 3.04. The van der Waals surface area contributed by atoms with E-state index in [4.69, 9.17) is 0 Å². The standard InChI is InChI=1S/C12H15N5/c1-2-10(14-4-1)9-17-7-3-11(16-17)12-8-13-5-6-15-12/h3,5-8,10,14H,1-2,4,9H2. The highest BCUT2D eigenvalue weighted by atomic mass is 15.3. The Hall–Kier alpha value is -1.75. The highest BCUT2D eigenvalue weighted by Gasteiger charge is 2.15. The zero-order valence-electron chi connectivity index (χ0n) is 9.58. The summed E-state index contributed by atoms with van der Waals surface area (Å²) in [5, 5.41) is 7.98. The van der Waals surface area contributed by atoms with E-state index in [1.54, 1.807) is 18.6 Å². The molecule has 0 spiro atoms. The third kappa shape index (κ3) is 2.34. The Morgan fingerprint density at radius 3 is 3.12 bits per heavy atom. The molecule has 2 aromatic heterocycles. The van der Waals surface area contributed by atoms with Gasteiger partial charge >= 0.3 is 0 Å². The predicted molar refractivity (Wildman–Crippen MR) is 64.3 cm³/mol. The van der Waals surface area contributed by atoms with Crippen molar-refractivity contribution in [3.8, 4) is 11.4 Å². The van der Waals surface area contributed by atoms with E-state index in [2.05, 4.69) is 20.4 Å². The molecule has 1 unspecified atom stereocenters. The molecule has 1 N–H and O–H groups in total. The Morgan fingerprint density at radius 1 is 1.35 bits per heavy atom. The number of hydrogen-bond donors (Lipinski definition) is 1. The van der Waals surface area contributed by atoms with Crippen LogP contribution in [0.3, 0.4) is 0 Å². The van der Waals surface area contributed by atoms with Crippen molar-refractivity contribution in [1.29, 1.82) is 0 Å². The fourth-order valence-electron chi connectivity index (χ4n) is 2.17. The van der Waals surface area contributed by atoms with Crippen LogP contribution < -0.4 is 5.32 Å². The van der Waals surface area contributed by atoms with Crippen LogP contribution in [-0.2, 0) is 6.54 Å². The van der Waals surface area contributed by atoms with Crippen molar-refractivity contribution in [2.24, 2.45) is 0 Å². The molecule has 3 rings (SSSR count). The van der Waals surface area contributed by atoms with Crippen molar-refractivity contribution in [2.45, 2.75) is 25.4 Å². The summed E-state index contributed by atoms with van der Waals surface area (Å²) in [7, 11) is 0. The number of nitrogens with zero attached hydrogens (tertiary/aromatic N) is 4. The Bertz CT molecular complexity index is 473. The minimum absolute atomic E-state index is 0.560. The van der Waals surface area contributed by atoms with E-state index in [0.29, 0.717) is 6.04 Å². The summed E-state index contributed by atoms with van der Waals surface area (Å²) < 4.78 is 1.98. The summed E-state index contributed by atoms with van der Waals surface area (Å²) in [6, 6.07) is 2.54. The topological polar surface area (TPSA) is 55.6 Å². The highest BCUT2D eigenvalue weighted by molar-refractivity contribution is 5.51. The summed E-state index contributed by atoms with van der Waals surface area (Å²) in [6.07, 6.45) is 9.60. The highest BCUT2D eigenvalue weighted by Crippen LogP contribution is 2.13. The molecule has 17 heavy (non-hydrogen) atoms. The van der Waals surface area contributed by atoms with E-state index >= 15 is 0 Å². The summed E-state index contributed by atoms with van der Waals surface area (Å²) in [5.41, 5.74) is 1.71. The van der Waals surface area contributed by atoms with Gasteiger partial charge in [0.1, 0.15) is 11.4 Å². The Balaban J connectivity index is 1.74. The van der Waals surface area contributed by atoms with Gasteiger partial charge in [-0.3, -0.25) is 14.6 Å². The molecule has 1 saturated heterocycles. The van der Waals surface area contributed by atoms with Crippen LogP contribution in [0.4, 0.5) is 0 Å². The average Bonchev–Trinajstić information content (AvgIpc) is 3.02. The van der Waals surface area contributed by atoms with Gasteiger partial charge in [0.15, 0.2) is 0 Å². The molecule has 0 radical (unpaired) electrons. The van der Waals surface area contributed by atoms with Gasteiger partial charge in [0.05, 0.1) is 12.7 Å². The molecule has 0 aromatic carbocycles. The van der Waals surface area contributed by atoms with Gasteiger partial charge in [-0.15, -0.1) is 0 Å². The second-order valence-corrected chi connectivity index (χ2v) is 4.31. The minimum atomic E-state index is 0.560. The molecule has 5 nitrogen and oxygen atoms in total. The van der Waals surface area contributed by atoms with Crippen LogP contribution in [0.15, 0.2) is 30.9 Å². The van der Waals surface area contributed by atoms with E-state index in [9.17, 15) is 0 Å². The molecule has 5 heteroatoms. The fourth-order valence-corrected chi connectivity index (χ4v) is 2.17. The predicted octanol–water partition coefficient (Wildman–Crippen LogP) is 1.09. The van der Waals surface area contributed by atoms with Gasteiger partial charge in [-0.2, -0.15) is 5.10 Å². The number of aromatic nitrogens is 4. The molecule has 88 valence electrons. The minimum Gasteiger partial charge on any atom is -0.312 e. The maximum Gasteiger partial charge on any atom is 0.112 e. The first-order chi connectivity index (χ1) is 8.42. The lowest BCUT2D eigenvalue weighted by atomic mass is 10.2. The van der Waals surface area contributed by atoms with Gasteiger partial charge in [-0.05, 0) is 25.5 Å². The van der Waals surface area contributed by atoms with Crippen LogP contribution in [0.1, 0.15) is 12.8 Å². The van der Waals surface area contributed by atoms with Gasteiger partial charge in [-0.1, -0.05) is 0 Å². The molecule has 1 aliphatic rings. The van der Waals surface area contributed by atoms with Crippen LogP contribution in [0.25, 0.3) is 11.4 Å². The van der Waals surface area contributed by atoms with Gasteiger partial charge in [0.2, 0.25) is 0 Å². The number of nitrogens with one attached hydrogen (secondary N) is 1. The first-order valence-electron chi connectivity index (χ1n) is 5.95. The zero-order valence-corrected chi connectivity index (χ0v) is 9.58. The molecule has 1 atom stereocenters. The van der Waals surface area contributed by atoms with Gasteiger partial charge in [0.25, 0.3) is 0 Å². The largest absolute Gasteiger partial charge is 0.312 e. The molecular weight excluding hydrogens is 214 g/mol. The number of rotatable bonds is 3. The lowest BCUT2D eigenvalue weighted by Crippen LogP contribution is -2.26. The molecule has 1 aliphatic heterocycles. The van der Waals surface area contributed by atoms with Crippen LogP contribution >= 0.6 is 0 Å². The van der Waals surface area contributed by atoms with E-state index in [0.717, 1.165) is 24.5 Å². The first kappa shape index (κ1) is 10.4. The van der Waals surface area contributed by atoms with Crippen LogP contribution in [0, 0.1) is 0 Å². The average molecular weight is 229 g/mol. The lowest BCUT2D eigenvalue weighted by Gasteiger charge is -2.09. The zero-order chi connectivity index (χ0) is 11.5. The van der Waals surface area contributed by atoms with Crippen molar-refractivity contribution >= 4 is 0 Å². The molecule has 0 bridgehead atoms. The second-order valence-electron chi connectivity index (χ2n) is 4.31. The normalized spacial score (nSPS) is 19.6. The fraction of sp³-hybridized carbons (Fsp3) is 0.417. The molecule has 0 aliphatic carbocycles. The van der Waals surface area contributed by atoms with Crippen LogP contribution in [-0.4, -0.2) is 32.3 Å². The van der Waals surface area contributed by atoms with E-state index in [1.165, 1.54) is 12.8 Å². The third-order valence-electron chi connectivity index (χ3n) is 3.04. The maximum absolute atomic E-state index is 4.52. The molecule has 0 amide bonds. The molecule has 1 fully saturated rings. The summed E-state index contributed by atoms with van der Waals surface area (Å²) in [6.45, 7) is 2.06. The van der Waals surface area contributed by atoms with Gasteiger partial charge in [-0.25, -0.2) is 0 Å². The Kier molecular flexibility index (Phi) is 2.83. The van der Waals surface area contributed by atoms with Crippen molar-refractivity contribution in [2.75, 3.05) is 6.54 Å². The van der Waals surface area contributed by atoms with Crippen molar-refractivity contribution < 1.29 is 0 Å². The SMILES string of the molecule is c1cnc(-c2ccn(CC3CCCN3)n2)cn1. The summed E-state index contributed by atoms with van der Waals surface area (Å²) in [5.74, 6) is 0. The van der Waals surface area contributed by atoms with Crippen LogP contribution in [0.2, 0.25) is 0 Å². The summed E-state index contributed by atoms with van der Waals surface area (Å²) in [4.78, 5) is 8.29. The number of hydrogen-bond acceptors (Lipinski definition) is 4. The summed E-state index contributed by atoms with van der Waals surface area (Å²) >= 11 is 0.